The van der Waals surface area contributed by atoms with E-state index in [1.807, 2.05) is 17.6 Å². The molecule has 0 unspecified atom stereocenters. The highest BCUT2D eigenvalue weighted by Gasteiger charge is 2.14. The highest BCUT2D eigenvalue weighted by molar-refractivity contribution is 7.09. The molecule has 0 fully saturated rings. The van der Waals surface area contributed by atoms with Crippen LogP contribution in [0.25, 0.3) is 11.4 Å². The maximum absolute atomic E-state index is 4.39. The maximum atomic E-state index is 4.39. The van der Waals surface area contributed by atoms with E-state index in [2.05, 4.69) is 57.2 Å². The fourth-order valence-electron chi connectivity index (χ4n) is 2.22. The van der Waals surface area contributed by atoms with Crippen LogP contribution in [-0.4, -0.2) is 32.1 Å². The smallest absolute Gasteiger partial charge is 0.155 e. The van der Waals surface area contributed by atoms with Gasteiger partial charge in [0.2, 0.25) is 0 Å². The summed E-state index contributed by atoms with van der Waals surface area (Å²) in [7, 11) is 2.12. The molecule has 3 aromatic rings. The second kappa shape index (κ2) is 6.15. The number of hydrogen-bond acceptors (Lipinski definition) is 5. The Morgan fingerprint density at radius 2 is 2.24 bits per heavy atom. The summed E-state index contributed by atoms with van der Waals surface area (Å²) in [4.78, 5) is 10.9. The van der Waals surface area contributed by atoms with Crippen molar-refractivity contribution in [3.63, 3.8) is 0 Å². The first-order valence-electron chi connectivity index (χ1n) is 6.78. The first-order chi connectivity index (χ1) is 10.2. The highest BCUT2D eigenvalue weighted by Crippen LogP contribution is 2.23. The summed E-state index contributed by atoms with van der Waals surface area (Å²) in [6, 6.07) is 8.67. The van der Waals surface area contributed by atoms with E-state index in [9.17, 15) is 0 Å². The fourth-order valence-corrected chi connectivity index (χ4v) is 2.98. The normalized spacial score (nSPS) is 12.7. The first kappa shape index (κ1) is 13.9. The number of nitrogens with zero attached hydrogens (tertiary/aromatic N) is 4. The lowest BCUT2D eigenvalue weighted by molar-refractivity contribution is 0.252. The number of aromatic amines is 1. The number of hydrogen-bond donors (Lipinski definition) is 1. The molecule has 0 aliphatic heterocycles. The Morgan fingerprint density at radius 1 is 1.33 bits per heavy atom. The van der Waals surface area contributed by atoms with Crippen LogP contribution >= 0.6 is 11.3 Å². The molecule has 0 aliphatic rings. The van der Waals surface area contributed by atoms with E-state index in [1.165, 1.54) is 11.9 Å². The second-order valence-electron chi connectivity index (χ2n) is 5.00. The molecule has 3 rings (SSSR count). The molecule has 5 nitrogen and oxygen atoms in total. The van der Waals surface area contributed by atoms with Gasteiger partial charge in [-0.05, 0) is 25.6 Å². The van der Waals surface area contributed by atoms with Crippen LogP contribution in [0.3, 0.4) is 0 Å². The lowest BCUT2D eigenvalue weighted by Crippen LogP contribution is -2.21. The summed E-state index contributed by atoms with van der Waals surface area (Å²) in [5.74, 6) is 0.799. The quantitative estimate of drug-likeness (QED) is 0.786. The van der Waals surface area contributed by atoms with Crippen LogP contribution in [0.15, 0.2) is 42.2 Å². The van der Waals surface area contributed by atoms with Crippen molar-refractivity contribution in [3.8, 4) is 11.4 Å². The molecule has 0 amide bonds. The number of benzene rings is 1. The number of H-pyrrole nitrogens is 1. The lowest BCUT2D eigenvalue weighted by Gasteiger charge is -2.23. The van der Waals surface area contributed by atoms with E-state index in [-0.39, 0.29) is 0 Å². The zero-order valence-electron chi connectivity index (χ0n) is 12.0. The standard InChI is InChI=1S/C15H17N5S/c1-11(15-16-6-7-21-15)20(2)9-12-4-3-5-13(8-12)14-17-10-18-19-14/h3-8,10-11H,9H2,1-2H3,(H,17,18,19)/t11-/m1/s1. The van der Waals surface area contributed by atoms with Gasteiger partial charge in [-0.25, -0.2) is 9.97 Å². The molecular weight excluding hydrogens is 282 g/mol. The summed E-state index contributed by atoms with van der Waals surface area (Å²) in [5.41, 5.74) is 2.30. The van der Waals surface area contributed by atoms with Crippen LogP contribution in [0.2, 0.25) is 0 Å². The summed E-state index contributed by atoms with van der Waals surface area (Å²) < 4.78 is 0. The Balaban J connectivity index is 1.74. The Bertz CT molecular complexity index is 678. The predicted molar refractivity (Wildman–Crippen MR) is 83.8 cm³/mol. The monoisotopic (exact) mass is 299 g/mol. The van der Waals surface area contributed by atoms with Gasteiger partial charge in [0.15, 0.2) is 5.82 Å². The molecule has 0 saturated heterocycles. The van der Waals surface area contributed by atoms with Crippen LogP contribution in [-0.2, 0) is 6.54 Å². The maximum Gasteiger partial charge on any atom is 0.155 e. The van der Waals surface area contributed by atoms with E-state index in [0.29, 0.717) is 6.04 Å². The summed E-state index contributed by atoms with van der Waals surface area (Å²) in [6.07, 6.45) is 3.38. The fraction of sp³-hybridized carbons (Fsp3) is 0.267. The molecule has 1 atom stereocenters. The van der Waals surface area contributed by atoms with Crippen molar-refractivity contribution in [2.45, 2.75) is 19.5 Å². The highest BCUT2D eigenvalue weighted by atomic mass is 32.1. The minimum absolute atomic E-state index is 0.305. The van der Waals surface area contributed by atoms with Gasteiger partial charge in [-0.15, -0.1) is 11.3 Å². The Hall–Kier alpha value is -2.05. The molecule has 6 heteroatoms. The van der Waals surface area contributed by atoms with Gasteiger partial charge in [-0.3, -0.25) is 10.00 Å². The number of aromatic nitrogens is 4. The van der Waals surface area contributed by atoms with Crippen LogP contribution in [0.4, 0.5) is 0 Å². The molecule has 0 aliphatic carbocycles. The van der Waals surface area contributed by atoms with Crippen LogP contribution in [0.5, 0.6) is 0 Å². The molecule has 21 heavy (non-hydrogen) atoms. The van der Waals surface area contributed by atoms with Gasteiger partial charge in [-0.2, -0.15) is 5.10 Å². The van der Waals surface area contributed by atoms with E-state index in [1.54, 1.807) is 11.3 Å². The molecular formula is C15H17N5S. The first-order valence-corrected chi connectivity index (χ1v) is 7.66. The number of thiazole rings is 1. The van der Waals surface area contributed by atoms with E-state index in [4.69, 9.17) is 0 Å². The van der Waals surface area contributed by atoms with Gasteiger partial charge in [0, 0.05) is 23.7 Å². The van der Waals surface area contributed by atoms with Crippen molar-refractivity contribution in [2.75, 3.05) is 7.05 Å². The molecule has 2 heterocycles. The minimum atomic E-state index is 0.305. The molecule has 1 aromatic carbocycles. The number of nitrogens with one attached hydrogen (secondary N) is 1. The van der Waals surface area contributed by atoms with Gasteiger partial charge >= 0.3 is 0 Å². The zero-order chi connectivity index (χ0) is 14.7. The molecule has 2 aromatic heterocycles. The molecule has 1 N–H and O–H groups in total. The number of rotatable bonds is 5. The van der Waals surface area contributed by atoms with E-state index in [0.717, 1.165) is 22.9 Å². The Kier molecular flexibility index (Phi) is 4.08. The van der Waals surface area contributed by atoms with Crippen molar-refractivity contribution in [1.29, 1.82) is 0 Å². The topological polar surface area (TPSA) is 57.7 Å². The third kappa shape index (κ3) is 3.17. The molecule has 0 bridgehead atoms. The average Bonchev–Trinajstić information content (AvgIpc) is 3.20. The Morgan fingerprint density at radius 3 is 2.95 bits per heavy atom. The van der Waals surface area contributed by atoms with Crippen molar-refractivity contribution in [2.24, 2.45) is 0 Å². The van der Waals surface area contributed by atoms with Gasteiger partial charge in [0.05, 0.1) is 6.04 Å². The Labute approximate surface area is 127 Å². The van der Waals surface area contributed by atoms with Crippen LogP contribution < -0.4 is 0 Å². The summed E-state index contributed by atoms with van der Waals surface area (Å²) in [5, 5.41) is 9.95. The third-order valence-electron chi connectivity index (χ3n) is 3.52. The SMILES string of the molecule is C[C@H](c1nccs1)N(C)Cc1cccc(-c2ncn[nH]2)c1. The lowest BCUT2D eigenvalue weighted by atomic mass is 10.1. The van der Waals surface area contributed by atoms with Crippen molar-refractivity contribution >= 4 is 11.3 Å². The van der Waals surface area contributed by atoms with Gasteiger partial charge in [0.1, 0.15) is 11.3 Å². The zero-order valence-corrected chi connectivity index (χ0v) is 12.8. The van der Waals surface area contributed by atoms with Crippen LogP contribution in [0, 0.1) is 0 Å². The van der Waals surface area contributed by atoms with E-state index < -0.39 is 0 Å². The van der Waals surface area contributed by atoms with Crippen molar-refractivity contribution in [1.82, 2.24) is 25.1 Å². The van der Waals surface area contributed by atoms with Crippen LogP contribution in [0.1, 0.15) is 23.5 Å². The predicted octanol–water partition coefficient (Wildman–Crippen LogP) is 3.12. The largest absolute Gasteiger partial charge is 0.293 e. The second-order valence-corrected chi connectivity index (χ2v) is 5.92. The van der Waals surface area contributed by atoms with Gasteiger partial charge < -0.3 is 0 Å². The molecule has 0 radical (unpaired) electrons. The molecule has 0 saturated carbocycles. The van der Waals surface area contributed by atoms with Gasteiger partial charge in [-0.1, -0.05) is 18.2 Å². The van der Waals surface area contributed by atoms with Crippen molar-refractivity contribution in [3.05, 3.63) is 52.7 Å². The minimum Gasteiger partial charge on any atom is -0.293 e. The van der Waals surface area contributed by atoms with E-state index >= 15 is 0 Å². The molecule has 0 spiro atoms. The molecule has 108 valence electrons. The summed E-state index contributed by atoms with van der Waals surface area (Å²) >= 11 is 1.70. The summed E-state index contributed by atoms with van der Waals surface area (Å²) in [6.45, 7) is 3.04. The van der Waals surface area contributed by atoms with Gasteiger partial charge in [0.25, 0.3) is 0 Å². The van der Waals surface area contributed by atoms with Crippen molar-refractivity contribution < 1.29 is 0 Å². The third-order valence-corrected chi connectivity index (χ3v) is 4.46. The average molecular weight is 299 g/mol.